The lowest BCUT2D eigenvalue weighted by Crippen LogP contribution is -2.47. The molecule has 5 rings (SSSR count). The maximum atomic E-state index is 5.40. The van der Waals surface area contributed by atoms with E-state index in [1.807, 2.05) is 4.57 Å². The van der Waals surface area contributed by atoms with Gasteiger partial charge in [0.2, 0.25) is 0 Å². The molecule has 4 heterocycles. The molecule has 0 aliphatic carbocycles. The first-order chi connectivity index (χ1) is 15.3. The second-order valence-electron chi connectivity index (χ2n) is 7.72. The molecule has 1 fully saturated rings. The van der Waals surface area contributed by atoms with Crippen molar-refractivity contribution in [2.75, 3.05) is 44.7 Å². The molecule has 1 aliphatic heterocycles. The number of rotatable bonds is 7. The average Bonchev–Trinajstić information content (AvgIpc) is 3.50. The minimum atomic E-state index is 0. The van der Waals surface area contributed by atoms with E-state index in [-0.39, 0.29) is 24.8 Å². The summed E-state index contributed by atoms with van der Waals surface area (Å²) in [4.78, 5) is 13.3. The van der Waals surface area contributed by atoms with Crippen LogP contribution in [0.15, 0.2) is 55.6 Å². The highest BCUT2D eigenvalue weighted by Crippen LogP contribution is 2.25. The molecule has 1 saturated heterocycles. The number of aromatic nitrogens is 6. The van der Waals surface area contributed by atoms with E-state index in [0.717, 1.165) is 62.9 Å². The van der Waals surface area contributed by atoms with Crippen LogP contribution in [0, 0.1) is 0 Å². The van der Waals surface area contributed by atoms with Crippen LogP contribution in [-0.4, -0.2) is 74.0 Å². The van der Waals surface area contributed by atoms with Crippen LogP contribution in [0.1, 0.15) is 6.42 Å². The van der Waals surface area contributed by atoms with Gasteiger partial charge in [-0.1, -0.05) is 0 Å². The molecule has 0 spiro atoms. The van der Waals surface area contributed by atoms with Gasteiger partial charge in [0, 0.05) is 55.5 Å². The fourth-order valence-corrected chi connectivity index (χ4v) is 4.22. The van der Waals surface area contributed by atoms with Crippen molar-refractivity contribution in [2.24, 2.45) is 0 Å². The van der Waals surface area contributed by atoms with E-state index in [2.05, 4.69) is 65.0 Å². The van der Waals surface area contributed by atoms with Crippen molar-refractivity contribution < 1.29 is 4.74 Å². The van der Waals surface area contributed by atoms with Crippen molar-refractivity contribution in [1.29, 1.82) is 0 Å². The van der Waals surface area contributed by atoms with E-state index >= 15 is 0 Å². The number of benzene rings is 1. The SMILES string of the molecule is COc1cncnc1N1CCN(CCCn2ccc3cc(-n4cnnc4)ccc32)CC1.Cl.Cl. The summed E-state index contributed by atoms with van der Waals surface area (Å²) in [5.41, 5.74) is 2.34. The Morgan fingerprint density at radius 3 is 2.52 bits per heavy atom. The number of ether oxygens (including phenoxy) is 1. The van der Waals surface area contributed by atoms with Crippen LogP contribution in [0.4, 0.5) is 5.82 Å². The van der Waals surface area contributed by atoms with Crippen LogP contribution in [0.5, 0.6) is 5.75 Å². The van der Waals surface area contributed by atoms with Gasteiger partial charge in [0.15, 0.2) is 11.6 Å². The van der Waals surface area contributed by atoms with E-state index in [1.165, 1.54) is 10.9 Å². The minimum absolute atomic E-state index is 0. The molecule has 33 heavy (non-hydrogen) atoms. The fourth-order valence-electron chi connectivity index (χ4n) is 4.22. The van der Waals surface area contributed by atoms with Gasteiger partial charge in [-0.2, -0.15) is 0 Å². The molecule has 0 unspecified atom stereocenters. The number of hydrogen-bond acceptors (Lipinski definition) is 7. The van der Waals surface area contributed by atoms with E-state index in [9.17, 15) is 0 Å². The normalized spacial score (nSPS) is 14.0. The topological polar surface area (TPSA) is 77.1 Å². The third-order valence-corrected chi connectivity index (χ3v) is 5.90. The van der Waals surface area contributed by atoms with Crippen LogP contribution >= 0.6 is 24.8 Å². The lowest BCUT2D eigenvalue weighted by Gasteiger charge is -2.35. The molecule has 0 saturated carbocycles. The van der Waals surface area contributed by atoms with E-state index in [0.29, 0.717) is 0 Å². The van der Waals surface area contributed by atoms with E-state index in [4.69, 9.17) is 4.74 Å². The zero-order chi connectivity index (χ0) is 21.0. The molecule has 11 heteroatoms. The number of fused-ring (bicyclic) bond motifs is 1. The molecular formula is C22H28Cl2N8O. The van der Waals surface area contributed by atoms with Crippen molar-refractivity contribution in [1.82, 2.24) is 34.2 Å². The fraction of sp³-hybridized carbons (Fsp3) is 0.364. The van der Waals surface area contributed by atoms with Gasteiger partial charge in [0.1, 0.15) is 19.0 Å². The molecule has 0 radical (unpaired) electrons. The predicted octanol–water partition coefficient (Wildman–Crippen LogP) is 3.08. The summed E-state index contributed by atoms with van der Waals surface area (Å²) in [6.45, 7) is 6.06. The maximum Gasteiger partial charge on any atom is 0.179 e. The summed E-state index contributed by atoms with van der Waals surface area (Å²) in [6, 6.07) is 8.65. The van der Waals surface area contributed by atoms with Gasteiger partial charge < -0.3 is 14.2 Å². The highest BCUT2D eigenvalue weighted by atomic mass is 35.5. The van der Waals surface area contributed by atoms with Gasteiger partial charge in [-0.15, -0.1) is 35.0 Å². The molecule has 0 N–H and O–H groups in total. The minimum Gasteiger partial charge on any atom is -0.491 e. The van der Waals surface area contributed by atoms with Crippen molar-refractivity contribution in [2.45, 2.75) is 13.0 Å². The largest absolute Gasteiger partial charge is 0.491 e. The van der Waals surface area contributed by atoms with E-state index < -0.39 is 0 Å². The summed E-state index contributed by atoms with van der Waals surface area (Å²) < 4.78 is 9.67. The number of piperazine rings is 1. The summed E-state index contributed by atoms with van der Waals surface area (Å²) in [6.07, 6.45) is 10.1. The Balaban J connectivity index is 0.00000153. The van der Waals surface area contributed by atoms with Crippen LogP contribution in [-0.2, 0) is 6.54 Å². The first kappa shape index (κ1) is 24.8. The van der Waals surface area contributed by atoms with Crippen LogP contribution < -0.4 is 9.64 Å². The Labute approximate surface area is 205 Å². The number of aryl methyl sites for hydroxylation is 1. The first-order valence-corrected chi connectivity index (χ1v) is 10.6. The van der Waals surface area contributed by atoms with Crippen LogP contribution in [0.3, 0.4) is 0 Å². The molecule has 1 aromatic carbocycles. The Hall–Kier alpha value is -2.88. The summed E-state index contributed by atoms with van der Waals surface area (Å²) in [5.74, 6) is 1.63. The highest BCUT2D eigenvalue weighted by molar-refractivity contribution is 5.85. The Kier molecular flexibility index (Phi) is 8.49. The Morgan fingerprint density at radius 2 is 1.76 bits per heavy atom. The third kappa shape index (κ3) is 5.38. The van der Waals surface area contributed by atoms with Gasteiger partial charge in [-0.3, -0.25) is 9.47 Å². The lowest BCUT2D eigenvalue weighted by atomic mass is 10.2. The molecular weight excluding hydrogens is 463 g/mol. The van der Waals surface area contributed by atoms with Crippen molar-refractivity contribution in [3.63, 3.8) is 0 Å². The second-order valence-corrected chi connectivity index (χ2v) is 7.72. The quantitative estimate of drug-likeness (QED) is 0.393. The highest BCUT2D eigenvalue weighted by Gasteiger charge is 2.20. The van der Waals surface area contributed by atoms with Crippen molar-refractivity contribution in [3.05, 3.63) is 55.6 Å². The monoisotopic (exact) mass is 490 g/mol. The smallest absolute Gasteiger partial charge is 0.179 e. The van der Waals surface area contributed by atoms with Gasteiger partial charge in [0.05, 0.1) is 13.3 Å². The zero-order valence-corrected chi connectivity index (χ0v) is 20.1. The molecule has 9 nitrogen and oxygen atoms in total. The molecule has 0 amide bonds. The maximum absolute atomic E-state index is 5.40. The lowest BCUT2D eigenvalue weighted by molar-refractivity contribution is 0.249. The van der Waals surface area contributed by atoms with Gasteiger partial charge in [-0.25, -0.2) is 9.97 Å². The number of nitrogens with zero attached hydrogens (tertiary/aromatic N) is 8. The van der Waals surface area contributed by atoms with Gasteiger partial charge >= 0.3 is 0 Å². The standard InChI is InChI=1S/C22H26N8O.2ClH/c1-31-21-14-23-15-24-22(21)29-11-9-27(10-12-29)6-2-7-28-8-5-18-13-19(3-4-20(18)28)30-16-25-26-17-30;;/h3-5,8,13-17H,2,6-7,9-12H2,1H3;2*1H. The van der Waals surface area contributed by atoms with Crippen molar-refractivity contribution >= 4 is 41.5 Å². The first-order valence-electron chi connectivity index (χ1n) is 10.6. The number of anilines is 1. The van der Waals surface area contributed by atoms with Gasteiger partial charge in [-0.05, 0) is 37.2 Å². The summed E-state index contributed by atoms with van der Waals surface area (Å²) >= 11 is 0. The van der Waals surface area contributed by atoms with E-state index in [1.54, 1.807) is 32.3 Å². The van der Waals surface area contributed by atoms with Gasteiger partial charge in [0.25, 0.3) is 0 Å². The Bertz CT molecular complexity index is 1140. The molecule has 3 aromatic heterocycles. The molecule has 176 valence electrons. The van der Waals surface area contributed by atoms with Crippen molar-refractivity contribution in [3.8, 4) is 11.4 Å². The molecule has 0 atom stereocenters. The van der Waals surface area contributed by atoms with Crippen LogP contribution in [0.2, 0.25) is 0 Å². The average molecular weight is 491 g/mol. The number of hydrogen-bond donors (Lipinski definition) is 0. The number of halogens is 2. The second kappa shape index (κ2) is 11.3. The number of methoxy groups -OCH3 is 1. The molecule has 1 aliphatic rings. The Morgan fingerprint density at radius 1 is 0.970 bits per heavy atom. The molecule has 4 aromatic rings. The molecule has 0 bridgehead atoms. The third-order valence-electron chi connectivity index (χ3n) is 5.90. The summed E-state index contributed by atoms with van der Waals surface area (Å²) in [5, 5.41) is 9.01. The zero-order valence-electron chi connectivity index (χ0n) is 18.4. The van der Waals surface area contributed by atoms with Crippen LogP contribution in [0.25, 0.3) is 16.6 Å². The predicted molar refractivity (Wildman–Crippen MR) is 133 cm³/mol. The summed E-state index contributed by atoms with van der Waals surface area (Å²) in [7, 11) is 1.67.